The van der Waals surface area contributed by atoms with Crippen LogP contribution < -0.4 is 9.47 Å². The summed E-state index contributed by atoms with van der Waals surface area (Å²) in [6.45, 7) is 8.56. The molecule has 0 N–H and O–H groups in total. The maximum absolute atomic E-state index is 11.3. The van der Waals surface area contributed by atoms with Crippen LogP contribution in [0.3, 0.4) is 0 Å². The van der Waals surface area contributed by atoms with Crippen LogP contribution in [0.4, 0.5) is 0 Å². The zero-order chi connectivity index (χ0) is 18.9. The number of ether oxygens (including phenoxy) is 2. The number of carbonyl (C=O) groups is 1. The Morgan fingerprint density at radius 1 is 1.12 bits per heavy atom. The maximum atomic E-state index is 11.3. The predicted molar refractivity (Wildman–Crippen MR) is 103 cm³/mol. The fraction of sp³-hybridized carbons (Fsp3) is 0.316. The van der Waals surface area contributed by atoms with E-state index in [1.165, 1.54) is 6.92 Å². The van der Waals surface area contributed by atoms with Crippen LogP contribution >= 0.6 is 15.9 Å². The number of nitrogens with zero attached hydrogens (tertiary/aromatic N) is 3. The minimum Gasteiger partial charge on any atom is -0.452 e. The Bertz CT molecular complexity index is 960. The average Bonchev–Trinajstić information content (AvgIpc) is 2.93. The fourth-order valence-corrected chi connectivity index (χ4v) is 3.02. The topological polar surface area (TPSA) is 66.2 Å². The SMILES string of the molecule is CC(=O)Oc1ccccc1Oc1ccc2c(nnn2CC(C)(C)C)c1Br. The Morgan fingerprint density at radius 3 is 2.46 bits per heavy atom. The van der Waals surface area contributed by atoms with Crippen LogP contribution in [0.2, 0.25) is 0 Å². The van der Waals surface area contributed by atoms with Gasteiger partial charge in [0.2, 0.25) is 0 Å². The Morgan fingerprint density at radius 2 is 1.81 bits per heavy atom. The number of aromatic nitrogens is 3. The molecule has 26 heavy (non-hydrogen) atoms. The molecule has 0 saturated carbocycles. The van der Waals surface area contributed by atoms with Crippen LogP contribution in [0, 0.1) is 5.41 Å². The van der Waals surface area contributed by atoms with E-state index >= 15 is 0 Å². The third-order valence-electron chi connectivity index (χ3n) is 3.54. The van der Waals surface area contributed by atoms with Gasteiger partial charge in [-0.2, -0.15) is 0 Å². The van der Waals surface area contributed by atoms with Gasteiger partial charge in [0.25, 0.3) is 0 Å². The first-order valence-corrected chi connectivity index (χ1v) is 9.01. The molecule has 0 bridgehead atoms. The standard InChI is InChI=1S/C19H20BrN3O3/c1-12(24)25-14-7-5-6-8-15(14)26-16-10-9-13-18(17(16)20)21-22-23(13)11-19(2,3)4/h5-10H,11H2,1-4H3. The molecule has 0 aliphatic rings. The van der Waals surface area contributed by atoms with E-state index in [9.17, 15) is 4.79 Å². The normalized spacial score (nSPS) is 11.6. The number of hydrogen-bond donors (Lipinski definition) is 0. The lowest BCUT2D eigenvalue weighted by Crippen LogP contribution is -2.16. The van der Waals surface area contributed by atoms with Gasteiger partial charge in [0.1, 0.15) is 11.3 Å². The molecule has 136 valence electrons. The first kappa shape index (κ1) is 18.4. The van der Waals surface area contributed by atoms with Crippen molar-refractivity contribution in [3.8, 4) is 17.2 Å². The van der Waals surface area contributed by atoms with Crippen LogP contribution in [-0.4, -0.2) is 21.0 Å². The average molecular weight is 418 g/mol. The van der Waals surface area contributed by atoms with Crippen LogP contribution in [0.15, 0.2) is 40.9 Å². The van der Waals surface area contributed by atoms with Crippen LogP contribution in [0.5, 0.6) is 17.2 Å². The van der Waals surface area contributed by atoms with Crippen molar-refractivity contribution in [2.45, 2.75) is 34.2 Å². The maximum Gasteiger partial charge on any atom is 0.308 e. The number of benzene rings is 2. The second kappa shape index (κ2) is 7.07. The molecule has 0 atom stereocenters. The molecule has 6 nitrogen and oxygen atoms in total. The molecule has 0 radical (unpaired) electrons. The number of para-hydroxylation sites is 2. The molecule has 0 amide bonds. The summed E-state index contributed by atoms with van der Waals surface area (Å²) in [5, 5.41) is 8.53. The molecule has 0 unspecified atom stereocenters. The lowest BCUT2D eigenvalue weighted by atomic mass is 9.97. The molecule has 7 heteroatoms. The molecule has 2 aromatic carbocycles. The third-order valence-corrected chi connectivity index (χ3v) is 4.30. The Labute approximate surface area is 160 Å². The summed E-state index contributed by atoms with van der Waals surface area (Å²) in [6, 6.07) is 10.8. The highest BCUT2D eigenvalue weighted by molar-refractivity contribution is 9.10. The molecule has 1 heterocycles. The summed E-state index contributed by atoms with van der Waals surface area (Å²) in [4.78, 5) is 11.3. The van der Waals surface area contributed by atoms with Crippen molar-refractivity contribution in [3.05, 3.63) is 40.9 Å². The number of hydrogen-bond acceptors (Lipinski definition) is 5. The minimum absolute atomic E-state index is 0.0885. The second-order valence-electron chi connectivity index (χ2n) is 7.20. The van der Waals surface area contributed by atoms with E-state index in [1.807, 2.05) is 22.9 Å². The highest BCUT2D eigenvalue weighted by Crippen LogP contribution is 2.38. The van der Waals surface area contributed by atoms with Gasteiger partial charge in [-0.25, -0.2) is 4.68 Å². The number of rotatable bonds is 4. The molecule has 1 aromatic heterocycles. The number of halogens is 1. The van der Waals surface area contributed by atoms with Crippen molar-refractivity contribution >= 4 is 32.9 Å². The number of fused-ring (bicyclic) bond motifs is 1. The van der Waals surface area contributed by atoms with E-state index < -0.39 is 5.97 Å². The minimum atomic E-state index is -0.402. The summed E-state index contributed by atoms with van der Waals surface area (Å²) in [5.41, 5.74) is 1.73. The van der Waals surface area contributed by atoms with Gasteiger partial charge in [0.15, 0.2) is 11.5 Å². The summed E-state index contributed by atoms with van der Waals surface area (Å²) in [5.74, 6) is 0.980. The molecule has 0 spiro atoms. The van der Waals surface area contributed by atoms with E-state index in [-0.39, 0.29) is 5.41 Å². The predicted octanol–water partition coefficient (Wildman–Crippen LogP) is 4.96. The Hall–Kier alpha value is -2.41. The van der Waals surface area contributed by atoms with Crippen molar-refractivity contribution in [2.75, 3.05) is 0 Å². The molecular weight excluding hydrogens is 398 g/mol. The summed E-state index contributed by atoms with van der Waals surface area (Å²) in [6.07, 6.45) is 0. The van der Waals surface area contributed by atoms with E-state index in [4.69, 9.17) is 9.47 Å². The third kappa shape index (κ3) is 4.04. The fourth-order valence-electron chi connectivity index (χ4n) is 2.52. The molecule has 0 aliphatic carbocycles. The van der Waals surface area contributed by atoms with E-state index in [1.54, 1.807) is 18.2 Å². The largest absolute Gasteiger partial charge is 0.452 e. The smallest absolute Gasteiger partial charge is 0.308 e. The molecule has 0 fully saturated rings. The highest BCUT2D eigenvalue weighted by Gasteiger charge is 2.18. The monoisotopic (exact) mass is 417 g/mol. The van der Waals surface area contributed by atoms with Gasteiger partial charge in [0.05, 0.1) is 9.99 Å². The van der Waals surface area contributed by atoms with E-state index in [2.05, 4.69) is 47.0 Å². The van der Waals surface area contributed by atoms with Gasteiger partial charge in [-0.15, -0.1) is 5.10 Å². The molecule has 3 rings (SSSR count). The lowest BCUT2D eigenvalue weighted by Gasteiger charge is -2.18. The summed E-state index contributed by atoms with van der Waals surface area (Å²) >= 11 is 3.56. The van der Waals surface area contributed by atoms with Gasteiger partial charge in [-0.1, -0.05) is 38.1 Å². The van der Waals surface area contributed by atoms with Gasteiger partial charge >= 0.3 is 5.97 Å². The molecule has 3 aromatic rings. The zero-order valence-corrected chi connectivity index (χ0v) is 16.7. The molecule has 0 aliphatic heterocycles. The van der Waals surface area contributed by atoms with Gasteiger partial charge in [-0.05, 0) is 45.6 Å². The van der Waals surface area contributed by atoms with Gasteiger partial charge in [-0.3, -0.25) is 4.79 Å². The second-order valence-corrected chi connectivity index (χ2v) is 7.99. The Kier molecular flexibility index (Phi) is 5.00. The van der Waals surface area contributed by atoms with E-state index in [0.29, 0.717) is 21.7 Å². The van der Waals surface area contributed by atoms with Crippen molar-refractivity contribution < 1.29 is 14.3 Å². The first-order chi connectivity index (χ1) is 12.2. The lowest BCUT2D eigenvalue weighted by molar-refractivity contribution is -0.131. The highest BCUT2D eigenvalue weighted by atomic mass is 79.9. The van der Waals surface area contributed by atoms with Gasteiger partial charge in [0, 0.05) is 13.5 Å². The molecule has 0 saturated heterocycles. The number of carbonyl (C=O) groups excluding carboxylic acids is 1. The summed E-state index contributed by atoms with van der Waals surface area (Å²) in [7, 11) is 0. The van der Waals surface area contributed by atoms with Crippen LogP contribution in [-0.2, 0) is 11.3 Å². The van der Waals surface area contributed by atoms with Crippen molar-refractivity contribution in [2.24, 2.45) is 5.41 Å². The zero-order valence-electron chi connectivity index (χ0n) is 15.1. The van der Waals surface area contributed by atoms with Gasteiger partial charge < -0.3 is 9.47 Å². The van der Waals surface area contributed by atoms with Crippen LogP contribution in [0.1, 0.15) is 27.7 Å². The van der Waals surface area contributed by atoms with E-state index in [0.717, 1.165) is 17.6 Å². The van der Waals surface area contributed by atoms with Crippen molar-refractivity contribution in [1.82, 2.24) is 15.0 Å². The molecular formula is C19H20BrN3O3. The van der Waals surface area contributed by atoms with Crippen molar-refractivity contribution in [3.63, 3.8) is 0 Å². The van der Waals surface area contributed by atoms with Crippen LogP contribution in [0.25, 0.3) is 11.0 Å². The number of esters is 1. The Balaban J connectivity index is 1.95. The first-order valence-electron chi connectivity index (χ1n) is 8.21. The summed E-state index contributed by atoms with van der Waals surface area (Å²) < 4.78 is 13.7. The quantitative estimate of drug-likeness (QED) is 0.443. The van der Waals surface area contributed by atoms with Crippen molar-refractivity contribution in [1.29, 1.82) is 0 Å².